The number of ether oxygens (including phenoxy) is 2. The first-order valence-corrected chi connectivity index (χ1v) is 17.8. The molecule has 0 aromatic heterocycles. The third-order valence-electron chi connectivity index (χ3n) is 11.3. The first-order chi connectivity index (χ1) is 19.0. The molecule has 1 aromatic carbocycles. The molecule has 2 saturated carbocycles. The van der Waals surface area contributed by atoms with Crippen LogP contribution in [0.5, 0.6) is 0 Å². The number of hydrogen-bond acceptors (Lipinski definition) is 8. The van der Waals surface area contributed by atoms with Crippen molar-refractivity contribution in [3.63, 3.8) is 0 Å². The first kappa shape index (κ1) is 30.6. The number of Topliss-reactive ketones (excluding diaryl/α,β-unsaturated/α-hetero) is 1. The Hall–Kier alpha value is -1.88. The fraction of sp³-hybridized carbons (Fsp3) is 0.688. The van der Waals surface area contributed by atoms with Gasteiger partial charge in [-0.05, 0) is 49.2 Å². The van der Waals surface area contributed by atoms with Crippen molar-refractivity contribution in [1.29, 1.82) is 0 Å². The van der Waals surface area contributed by atoms with E-state index in [1.807, 2.05) is 58.0 Å². The quantitative estimate of drug-likeness (QED) is 0.274. The summed E-state index contributed by atoms with van der Waals surface area (Å²) in [6, 6.07) is 9.95. The lowest BCUT2D eigenvalue weighted by Gasteiger charge is -2.68. The fourth-order valence-corrected chi connectivity index (χ4v) is 10.9. The third kappa shape index (κ3) is 4.18. The van der Waals surface area contributed by atoms with Crippen molar-refractivity contribution >= 4 is 25.3 Å². The zero-order valence-corrected chi connectivity index (χ0v) is 26.6. The van der Waals surface area contributed by atoms with Crippen molar-refractivity contribution in [2.24, 2.45) is 22.7 Å². The Morgan fingerprint density at radius 3 is 2.34 bits per heavy atom. The maximum atomic E-state index is 15.2. The Labute approximate surface area is 244 Å². The molecule has 3 aliphatic carbocycles. The van der Waals surface area contributed by atoms with Gasteiger partial charge < -0.3 is 29.2 Å². The predicted octanol–water partition coefficient (Wildman–Crippen LogP) is 3.02. The van der Waals surface area contributed by atoms with E-state index in [9.17, 15) is 20.1 Å². The zero-order chi connectivity index (χ0) is 30.3. The van der Waals surface area contributed by atoms with Gasteiger partial charge in [-0.1, -0.05) is 58.0 Å². The van der Waals surface area contributed by atoms with Gasteiger partial charge in [-0.3, -0.25) is 9.59 Å². The zero-order valence-electron chi connectivity index (χ0n) is 25.6. The van der Waals surface area contributed by atoms with Gasteiger partial charge >= 0.3 is 5.97 Å². The minimum absolute atomic E-state index is 0.0297. The lowest BCUT2D eigenvalue weighted by atomic mass is 9.43. The molecule has 1 aromatic rings. The molecule has 3 N–H and O–H groups in total. The molecule has 0 spiro atoms. The van der Waals surface area contributed by atoms with E-state index in [0.717, 1.165) is 5.19 Å². The van der Waals surface area contributed by atoms with E-state index in [4.69, 9.17) is 13.9 Å². The number of rotatable bonds is 5. The van der Waals surface area contributed by atoms with Crippen molar-refractivity contribution in [3.05, 3.63) is 41.5 Å². The van der Waals surface area contributed by atoms with Crippen molar-refractivity contribution in [2.75, 3.05) is 6.61 Å². The van der Waals surface area contributed by atoms with Crippen LogP contribution in [-0.4, -0.2) is 77.6 Å². The van der Waals surface area contributed by atoms with Crippen LogP contribution in [0.3, 0.4) is 0 Å². The van der Waals surface area contributed by atoms with E-state index < -0.39 is 72.6 Å². The Morgan fingerprint density at radius 2 is 1.78 bits per heavy atom. The second kappa shape index (κ2) is 9.82. The average Bonchev–Trinajstić information content (AvgIpc) is 2.91. The molecule has 8 unspecified atom stereocenters. The Morgan fingerprint density at radius 1 is 1.15 bits per heavy atom. The van der Waals surface area contributed by atoms with Gasteiger partial charge in [0.25, 0.3) is 0 Å². The van der Waals surface area contributed by atoms with E-state index in [0.29, 0.717) is 17.6 Å². The number of benzene rings is 1. The normalized spacial score (nSPS) is 41.9. The van der Waals surface area contributed by atoms with Crippen molar-refractivity contribution < 1.29 is 38.8 Å². The summed E-state index contributed by atoms with van der Waals surface area (Å²) in [5.74, 6) is -2.35. The highest BCUT2D eigenvalue weighted by molar-refractivity contribution is 6.84. The van der Waals surface area contributed by atoms with Gasteiger partial charge in [0.1, 0.15) is 5.60 Å². The molecule has 8 nitrogen and oxygen atoms in total. The van der Waals surface area contributed by atoms with Gasteiger partial charge in [-0.2, -0.15) is 0 Å². The Kier molecular flexibility index (Phi) is 7.32. The molecule has 1 saturated heterocycles. The van der Waals surface area contributed by atoms with Crippen LogP contribution in [0.2, 0.25) is 13.1 Å². The summed E-state index contributed by atoms with van der Waals surface area (Å²) in [5.41, 5.74) is -4.35. The molecule has 9 heteroatoms. The molecule has 2 bridgehead atoms. The van der Waals surface area contributed by atoms with Crippen LogP contribution in [0.4, 0.5) is 0 Å². The Balaban J connectivity index is 1.75. The summed E-state index contributed by atoms with van der Waals surface area (Å²) in [6.45, 7) is 15.0. The highest BCUT2D eigenvalue weighted by Gasteiger charge is 2.75. The van der Waals surface area contributed by atoms with E-state index in [-0.39, 0.29) is 25.2 Å². The average molecular weight is 587 g/mol. The van der Waals surface area contributed by atoms with Crippen LogP contribution < -0.4 is 5.19 Å². The molecule has 1 heterocycles. The second-order valence-corrected chi connectivity index (χ2v) is 17.8. The van der Waals surface area contributed by atoms with Crippen LogP contribution >= 0.6 is 0 Å². The first-order valence-electron chi connectivity index (χ1n) is 14.9. The Bertz CT molecular complexity index is 1260. The van der Waals surface area contributed by atoms with Gasteiger partial charge in [0.2, 0.25) is 8.32 Å². The monoisotopic (exact) mass is 586 g/mol. The number of esters is 1. The van der Waals surface area contributed by atoms with E-state index in [1.54, 1.807) is 13.8 Å². The van der Waals surface area contributed by atoms with Gasteiger partial charge in [0, 0.05) is 30.6 Å². The molecule has 41 heavy (non-hydrogen) atoms. The number of aliphatic hydroxyl groups is 3. The number of carbonyl (C=O) groups is 2. The number of aliphatic hydroxyl groups excluding tert-OH is 1. The highest BCUT2D eigenvalue weighted by atomic mass is 28.4. The largest absolute Gasteiger partial charge is 0.450 e. The molecule has 226 valence electrons. The van der Waals surface area contributed by atoms with Crippen molar-refractivity contribution in [2.45, 2.75) is 110 Å². The van der Waals surface area contributed by atoms with Gasteiger partial charge in [0.05, 0.1) is 35.9 Å². The molecule has 4 aliphatic rings. The fourth-order valence-electron chi connectivity index (χ4n) is 8.71. The number of fused-ring (bicyclic) bond motifs is 5. The molecular formula is C32H46O8Si. The number of carbonyl (C=O) groups excluding carboxylic acids is 2. The summed E-state index contributed by atoms with van der Waals surface area (Å²) in [7, 11) is -2.60. The van der Waals surface area contributed by atoms with E-state index in [1.165, 1.54) is 0 Å². The van der Waals surface area contributed by atoms with Gasteiger partial charge in [0.15, 0.2) is 11.9 Å². The van der Waals surface area contributed by atoms with E-state index >= 15 is 4.79 Å². The topological polar surface area (TPSA) is 123 Å². The van der Waals surface area contributed by atoms with Crippen LogP contribution in [-0.2, 0) is 23.5 Å². The van der Waals surface area contributed by atoms with Crippen LogP contribution in [0, 0.1) is 22.7 Å². The predicted molar refractivity (Wildman–Crippen MR) is 156 cm³/mol. The van der Waals surface area contributed by atoms with Gasteiger partial charge in [-0.15, -0.1) is 0 Å². The molecule has 0 amide bonds. The third-order valence-corrected chi connectivity index (χ3v) is 13.9. The standard InChI is InChI=1S/C32H46O8Si/c1-9-24(34)39-26-25-18(2)21(33)16-32(37,29(25,4)5)19(3)27-30(6,28(26)35)22(15-23-31(27,36)17-38-23)40-41(7,8)20-13-11-10-12-14-20/h10-14,19,21-23,26-27,33,36-37H,9,15-17H2,1-8H3/t19?,21?,22?,23?,26?,27?,30-,31?,32?/m1/s1. The van der Waals surface area contributed by atoms with Crippen molar-refractivity contribution in [1.82, 2.24) is 0 Å². The van der Waals surface area contributed by atoms with Crippen LogP contribution in [0.15, 0.2) is 41.5 Å². The van der Waals surface area contributed by atoms with Crippen LogP contribution in [0.25, 0.3) is 0 Å². The summed E-state index contributed by atoms with van der Waals surface area (Å²) in [5, 5.41) is 37.2. The van der Waals surface area contributed by atoms with Crippen LogP contribution in [0.1, 0.15) is 60.8 Å². The molecular weight excluding hydrogens is 540 g/mol. The van der Waals surface area contributed by atoms with Gasteiger partial charge in [-0.25, -0.2) is 0 Å². The molecule has 1 aliphatic heterocycles. The SMILES string of the molecule is CCC(=O)OC1C(=O)[C@]2(C)C(O[Si](C)(C)c3ccccc3)CC3OCC3(O)C2C(C)C2(O)CC(O)C(C)=C1C2(C)C. The van der Waals surface area contributed by atoms with Crippen molar-refractivity contribution in [3.8, 4) is 0 Å². The molecule has 0 radical (unpaired) electrons. The summed E-state index contributed by atoms with van der Waals surface area (Å²) >= 11 is 0. The molecule has 3 fully saturated rings. The van der Waals surface area contributed by atoms with E-state index in [2.05, 4.69) is 13.1 Å². The lowest BCUT2D eigenvalue weighted by Crippen LogP contribution is -2.79. The highest BCUT2D eigenvalue weighted by Crippen LogP contribution is 2.65. The lowest BCUT2D eigenvalue weighted by molar-refractivity contribution is -0.334. The minimum atomic E-state index is -2.60. The second-order valence-electron chi connectivity index (χ2n) is 14.0. The molecule has 5 rings (SSSR count). The number of hydrogen-bond donors (Lipinski definition) is 3. The molecule has 9 atom stereocenters. The summed E-state index contributed by atoms with van der Waals surface area (Å²) < 4.78 is 18.9. The minimum Gasteiger partial charge on any atom is -0.450 e. The summed E-state index contributed by atoms with van der Waals surface area (Å²) in [6.07, 6.45) is -3.23. The summed E-state index contributed by atoms with van der Waals surface area (Å²) in [4.78, 5) is 28.0. The maximum absolute atomic E-state index is 15.2. The smallest absolute Gasteiger partial charge is 0.306 e. The maximum Gasteiger partial charge on any atom is 0.306 e. The number of ketones is 1.